The van der Waals surface area contributed by atoms with Gasteiger partial charge in [0.1, 0.15) is 0 Å². The highest BCUT2D eigenvalue weighted by Crippen LogP contribution is 2.27. The molecule has 0 amide bonds. The van der Waals surface area contributed by atoms with Gasteiger partial charge in [-0.05, 0) is 36.6 Å². The maximum atomic E-state index is 12.2. The molecule has 23 heavy (non-hydrogen) atoms. The molecule has 0 aliphatic rings. The number of carbonyl (C=O) groups excluding carboxylic acids is 1. The Morgan fingerprint density at radius 3 is 2.91 bits per heavy atom. The van der Waals surface area contributed by atoms with Crippen molar-refractivity contribution in [3.05, 3.63) is 52.2 Å². The number of carbonyl (C=O) groups is 1. The van der Waals surface area contributed by atoms with Gasteiger partial charge < -0.3 is 14.9 Å². The summed E-state index contributed by atoms with van der Waals surface area (Å²) >= 11 is 7.29. The Labute approximate surface area is 140 Å². The summed E-state index contributed by atoms with van der Waals surface area (Å²) in [5.41, 5.74) is 6.25. The maximum Gasteiger partial charge on any atom is 0.341 e. The SMILES string of the molecule is CC(OC(=O)c1ccc(Cl)cc1N)c1nnc(-c2cccs2)o1. The van der Waals surface area contributed by atoms with Crippen molar-refractivity contribution in [2.24, 2.45) is 0 Å². The van der Waals surface area contributed by atoms with Crippen molar-refractivity contribution in [3.8, 4) is 10.8 Å². The molecule has 0 saturated carbocycles. The highest BCUT2D eigenvalue weighted by molar-refractivity contribution is 7.13. The average Bonchev–Trinajstić information content (AvgIpc) is 3.18. The van der Waals surface area contributed by atoms with E-state index < -0.39 is 12.1 Å². The van der Waals surface area contributed by atoms with Crippen LogP contribution in [0.4, 0.5) is 5.69 Å². The number of anilines is 1. The summed E-state index contributed by atoms with van der Waals surface area (Å²) in [5, 5.41) is 10.2. The topological polar surface area (TPSA) is 91.2 Å². The van der Waals surface area contributed by atoms with Crippen LogP contribution in [0.2, 0.25) is 5.02 Å². The van der Waals surface area contributed by atoms with Crippen LogP contribution in [0.3, 0.4) is 0 Å². The highest BCUT2D eigenvalue weighted by atomic mass is 35.5. The Morgan fingerprint density at radius 2 is 2.22 bits per heavy atom. The zero-order chi connectivity index (χ0) is 16.4. The summed E-state index contributed by atoms with van der Waals surface area (Å²) in [5.74, 6) is 0.0285. The molecule has 0 radical (unpaired) electrons. The summed E-state index contributed by atoms with van der Waals surface area (Å²) < 4.78 is 10.9. The first-order chi connectivity index (χ1) is 11.0. The number of ether oxygens (including phenoxy) is 1. The second kappa shape index (κ2) is 6.39. The highest BCUT2D eigenvalue weighted by Gasteiger charge is 2.21. The van der Waals surface area contributed by atoms with E-state index in [1.54, 1.807) is 13.0 Å². The monoisotopic (exact) mass is 349 g/mol. The fourth-order valence-electron chi connectivity index (χ4n) is 1.89. The predicted octanol–water partition coefficient (Wildman–Crippen LogP) is 3.95. The van der Waals surface area contributed by atoms with E-state index in [-0.39, 0.29) is 17.1 Å². The quantitative estimate of drug-likeness (QED) is 0.566. The van der Waals surface area contributed by atoms with Crippen molar-refractivity contribution in [3.63, 3.8) is 0 Å². The van der Waals surface area contributed by atoms with Crippen molar-refractivity contribution < 1.29 is 13.9 Å². The van der Waals surface area contributed by atoms with Gasteiger partial charge in [-0.2, -0.15) is 0 Å². The lowest BCUT2D eigenvalue weighted by Gasteiger charge is -2.10. The molecule has 0 bridgehead atoms. The molecule has 0 spiro atoms. The fraction of sp³-hybridized carbons (Fsp3) is 0.133. The number of hydrogen-bond acceptors (Lipinski definition) is 7. The third kappa shape index (κ3) is 3.35. The van der Waals surface area contributed by atoms with E-state index in [2.05, 4.69) is 10.2 Å². The summed E-state index contributed by atoms with van der Waals surface area (Å²) in [4.78, 5) is 13.0. The van der Waals surface area contributed by atoms with Crippen molar-refractivity contribution >= 4 is 34.6 Å². The molecular formula is C15H12ClN3O3S. The average molecular weight is 350 g/mol. The van der Waals surface area contributed by atoms with Crippen LogP contribution in [-0.4, -0.2) is 16.2 Å². The minimum atomic E-state index is -0.696. The Balaban J connectivity index is 1.74. The molecule has 2 N–H and O–H groups in total. The second-order valence-corrected chi connectivity index (χ2v) is 6.09. The largest absolute Gasteiger partial charge is 0.449 e. The Hall–Kier alpha value is -2.38. The van der Waals surface area contributed by atoms with E-state index in [1.807, 2.05) is 17.5 Å². The van der Waals surface area contributed by atoms with Crippen LogP contribution in [0.25, 0.3) is 10.8 Å². The van der Waals surface area contributed by atoms with E-state index >= 15 is 0 Å². The van der Waals surface area contributed by atoms with E-state index in [1.165, 1.54) is 23.5 Å². The number of thiophene rings is 1. The van der Waals surface area contributed by atoms with Gasteiger partial charge in [0.25, 0.3) is 11.8 Å². The van der Waals surface area contributed by atoms with E-state index in [4.69, 9.17) is 26.5 Å². The standard InChI is InChI=1S/C15H12ClN3O3S/c1-8(13-18-19-14(22-13)12-3-2-6-23-12)21-15(20)10-5-4-9(16)7-11(10)17/h2-8H,17H2,1H3. The van der Waals surface area contributed by atoms with Gasteiger partial charge in [-0.1, -0.05) is 17.7 Å². The van der Waals surface area contributed by atoms with E-state index in [9.17, 15) is 4.79 Å². The first kappa shape index (κ1) is 15.5. The third-order valence-electron chi connectivity index (χ3n) is 3.04. The van der Waals surface area contributed by atoms with Crippen LogP contribution in [0, 0.1) is 0 Å². The molecule has 8 heteroatoms. The molecule has 6 nitrogen and oxygen atoms in total. The van der Waals surface area contributed by atoms with Gasteiger partial charge in [-0.3, -0.25) is 0 Å². The number of benzene rings is 1. The van der Waals surface area contributed by atoms with Gasteiger partial charge >= 0.3 is 5.97 Å². The van der Waals surface area contributed by atoms with Gasteiger partial charge in [0.05, 0.1) is 10.4 Å². The van der Waals surface area contributed by atoms with Gasteiger partial charge in [-0.25, -0.2) is 4.79 Å². The maximum absolute atomic E-state index is 12.2. The molecule has 3 aromatic rings. The van der Waals surface area contributed by atoms with Gasteiger partial charge in [0.2, 0.25) is 0 Å². The number of esters is 1. The first-order valence-electron chi connectivity index (χ1n) is 6.68. The third-order valence-corrected chi connectivity index (χ3v) is 4.13. The summed E-state index contributed by atoms with van der Waals surface area (Å²) in [6.45, 7) is 1.65. The van der Waals surface area contributed by atoms with Crippen LogP contribution >= 0.6 is 22.9 Å². The Bertz CT molecular complexity index is 832. The lowest BCUT2D eigenvalue weighted by Crippen LogP contribution is -2.11. The number of nitrogens with two attached hydrogens (primary N) is 1. The Morgan fingerprint density at radius 1 is 1.39 bits per heavy atom. The minimum absolute atomic E-state index is 0.217. The number of nitrogens with zero attached hydrogens (tertiary/aromatic N) is 2. The number of aromatic nitrogens is 2. The molecule has 0 fully saturated rings. The smallest absolute Gasteiger partial charge is 0.341 e. The number of nitrogen functional groups attached to an aromatic ring is 1. The first-order valence-corrected chi connectivity index (χ1v) is 7.93. The van der Waals surface area contributed by atoms with E-state index in [0.717, 1.165) is 4.88 Å². The molecule has 118 valence electrons. The second-order valence-electron chi connectivity index (χ2n) is 4.70. The molecule has 2 heterocycles. The zero-order valence-electron chi connectivity index (χ0n) is 12.0. The van der Waals surface area contributed by atoms with Crippen LogP contribution in [-0.2, 0) is 4.74 Å². The van der Waals surface area contributed by atoms with Crippen molar-refractivity contribution in [1.82, 2.24) is 10.2 Å². The van der Waals surface area contributed by atoms with Crippen LogP contribution < -0.4 is 5.73 Å². The lowest BCUT2D eigenvalue weighted by atomic mass is 10.2. The molecule has 0 aliphatic heterocycles. The van der Waals surface area contributed by atoms with Crippen molar-refractivity contribution in [2.45, 2.75) is 13.0 Å². The van der Waals surface area contributed by atoms with Crippen molar-refractivity contribution in [1.29, 1.82) is 0 Å². The van der Waals surface area contributed by atoms with E-state index in [0.29, 0.717) is 10.9 Å². The predicted molar refractivity (Wildman–Crippen MR) is 87.3 cm³/mol. The van der Waals surface area contributed by atoms with Crippen LogP contribution in [0.5, 0.6) is 0 Å². The number of hydrogen-bond donors (Lipinski definition) is 1. The molecule has 3 rings (SSSR count). The number of rotatable bonds is 4. The molecule has 1 atom stereocenters. The number of halogens is 1. The van der Waals surface area contributed by atoms with Gasteiger partial charge in [0.15, 0.2) is 6.10 Å². The molecular weight excluding hydrogens is 338 g/mol. The zero-order valence-corrected chi connectivity index (χ0v) is 13.6. The van der Waals surface area contributed by atoms with Crippen LogP contribution in [0.1, 0.15) is 29.3 Å². The summed E-state index contributed by atoms with van der Waals surface area (Å²) in [7, 11) is 0. The Kier molecular flexibility index (Phi) is 4.31. The molecule has 0 aliphatic carbocycles. The van der Waals surface area contributed by atoms with Gasteiger partial charge in [-0.15, -0.1) is 21.5 Å². The summed E-state index contributed by atoms with van der Waals surface area (Å²) in [6.07, 6.45) is -0.696. The molecule has 1 aromatic carbocycles. The van der Waals surface area contributed by atoms with Crippen LogP contribution in [0.15, 0.2) is 40.1 Å². The molecule has 0 saturated heterocycles. The molecule has 2 aromatic heterocycles. The normalized spacial score (nSPS) is 12.1. The minimum Gasteiger partial charge on any atom is -0.449 e. The lowest BCUT2D eigenvalue weighted by molar-refractivity contribution is 0.0281. The summed E-state index contributed by atoms with van der Waals surface area (Å²) in [6, 6.07) is 8.33. The van der Waals surface area contributed by atoms with Gasteiger partial charge in [0, 0.05) is 10.7 Å². The molecule has 1 unspecified atom stereocenters. The van der Waals surface area contributed by atoms with Crippen molar-refractivity contribution in [2.75, 3.05) is 5.73 Å². The fourth-order valence-corrected chi connectivity index (χ4v) is 2.72.